The molecule has 0 atom stereocenters. The third-order valence-electron chi connectivity index (χ3n) is 2.77. The molecule has 7 heteroatoms. The lowest BCUT2D eigenvalue weighted by atomic mass is 10.2. The first-order valence-electron chi connectivity index (χ1n) is 6.22. The van der Waals surface area contributed by atoms with E-state index in [2.05, 4.69) is 10.4 Å². The van der Waals surface area contributed by atoms with Crippen LogP contribution in [-0.4, -0.2) is 26.8 Å². The molecule has 0 aliphatic rings. The summed E-state index contributed by atoms with van der Waals surface area (Å²) in [6, 6.07) is 1.85. The zero-order chi connectivity index (χ0) is 15.4. The fourth-order valence-electron chi connectivity index (χ4n) is 1.83. The van der Waals surface area contributed by atoms with Crippen molar-refractivity contribution in [2.75, 3.05) is 0 Å². The summed E-state index contributed by atoms with van der Waals surface area (Å²) in [7, 11) is 1.77. The topological polar surface area (TPSA) is 84.2 Å². The average Bonchev–Trinajstić information content (AvgIpc) is 3.00. The van der Waals surface area contributed by atoms with Crippen molar-refractivity contribution >= 4 is 29.3 Å². The van der Waals surface area contributed by atoms with Gasteiger partial charge in [0, 0.05) is 24.2 Å². The summed E-state index contributed by atoms with van der Waals surface area (Å²) in [5.74, 6) is -1.15. The zero-order valence-corrected chi connectivity index (χ0v) is 12.5. The van der Waals surface area contributed by atoms with E-state index < -0.39 is 5.97 Å². The Balaban J connectivity index is 1.95. The summed E-state index contributed by atoms with van der Waals surface area (Å²) < 4.78 is 1.60. The number of carboxylic acids is 1. The van der Waals surface area contributed by atoms with Gasteiger partial charge >= 0.3 is 5.97 Å². The van der Waals surface area contributed by atoms with Crippen molar-refractivity contribution in [3.05, 3.63) is 45.4 Å². The normalized spacial score (nSPS) is 11.0. The number of rotatable bonds is 5. The van der Waals surface area contributed by atoms with Gasteiger partial charge < -0.3 is 10.4 Å². The second-order valence-corrected chi connectivity index (χ2v) is 5.50. The van der Waals surface area contributed by atoms with Gasteiger partial charge in [0.15, 0.2) is 0 Å². The number of hydrogen-bond acceptors (Lipinski definition) is 4. The predicted molar refractivity (Wildman–Crippen MR) is 80.1 cm³/mol. The molecule has 6 nitrogen and oxygen atoms in total. The Kier molecular flexibility index (Phi) is 4.54. The van der Waals surface area contributed by atoms with Gasteiger partial charge in [-0.05, 0) is 30.0 Å². The molecule has 0 aromatic carbocycles. The molecule has 1 amide bonds. The first-order valence-corrected chi connectivity index (χ1v) is 7.10. The van der Waals surface area contributed by atoms with Crippen LogP contribution in [0.5, 0.6) is 0 Å². The van der Waals surface area contributed by atoms with Crippen molar-refractivity contribution in [2.45, 2.75) is 13.5 Å². The van der Waals surface area contributed by atoms with Crippen molar-refractivity contribution in [3.8, 4) is 0 Å². The fraction of sp³-hybridized carbons (Fsp3) is 0.214. The number of carbonyl (C=O) groups excluding carboxylic acids is 1. The molecule has 21 heavy (non-hydrogen) atoms. The van der Waals surface area contributed by atoms with Gasteiger partial charge in [-0.1, -0.05) is 0 Å². The molecule has 2 N–H and O–H groups in total. The fourth-order valence-corrected chi connectivity index (χ4v) is 2.62. The zero-order valence-electron chi connectivity index (χ0n) is 11.7. The summed E-state index contributed by atoms with van der Waals surface area (Å²) in [5.41, 5.74) is 2.05. The second-order valence-electron chi connectivity index (χ2n) is 4.50. The maximum Gasteiger partial charge on any atom is 0.328 e. The highest BCUT2D eigenvalue weighted by Crippen LogP contribution is 2.16. The minimum Gasteiger partial charge on any atom is -0.478 e. The van der Waals surface area contributed by atoms with Crippen LogP contribution >= 0.6 is 11.3 Å². The molecule has 0 unspecified atom stereocenters. The number of carboxylic acid groups (broad SMARTS) is 1. The third kappa shape index (κ3) is 4.03. The van der Waals surface area contributed by atoms with Crippen LogP contribution in [-0.2, 0) is 18.4 Å². The molecular formula is C14H15N3O3S. The van der Waals surface area contributed by atoms with Crippen molar-refractivity contribution in [1.82, 2.24) is 15.1 Å². The average molecular weight is 305 g/mol. The summed E-state index contributed by atoms with van der Waals surface area (Å²) >= 11 is 1.47. The number of aryl methyl sites for hydroxylation is 2. The van der Waals surface area contributed by atoms with E-state index in [0.29, 0.717) is 17.8 Å². The van der Waals surface area contributed by atoms with E-state index in [1.165, 1.54) is 17.4 Å². The largest absolute Gasteiger partial charge is 0.478 e. The SMILES string of the molecule is Cc1nn(C)cc1C(=O)NCc1cc(/C=C/C(=O)O)cs1. The van der Waals surface area contributed by atoms with Gasteiger partial charge in [0.25, 0.3) is 5.91 Å². The maximum atomic E-state index is 12.0. The van der Waals surface area contributed by atoms with Gasteiger partial charge in [-0.25, -0.2) is 4.79 Å². The molecule has 2 aromatic rings. The standard InChI is InChI=1S/C14H15N3O3S/c1-9-12(7-17(2)16-9)14(20)15-6-11-5-10(8-21-11)3-4-13(18)19/h3-5,7-8H,6H2,1-2H3,(H,15,20)(H,18,19)/b4-3+. The molecule has 0 aliphatic carbocycles. The van der Waals surface area contributed by atoms with Gasteiger partial charge in [-0.2, -0.15) is 5.10 Å². The third-order valence-corrected chi connectivity index (χ3v) is 3.73. The number of aromatic nitrogens is 2. The van der Waals surface area contributed by atoms with Crippen LogP contribution in [0, 0.1) is 6.92 Å². The molecular weight excluding hydrogens is 290 g/mol. The lowest BCUT2D eigenvalue weighted by Crippen LogP contribution is -2.22. The number of aliphatic carboxylic acids is 1. The van der Waals surface area contributed by atoms with E-state index in [9.17, 15) is 9.59 Å². The second kappa shape index (κ2) is 6.36. The van der Waals surface area contributed by atoms with Gasteiger partial charge in [-0.3, -0.25) is 9.48 Å². The molecule has 0 saturated heterocycles. The number of thiophene rings is 1. The van der Waals surface area contributed by atoms with Gasteiger partial charge in [0.2, 0.25) is 0 Å². The summed E-state index contributed by atoms with van der Waals surface area (Å²) in [6.45, 7) is 2.19. The van der Waals surface area contributed by atoms with Crippen LogP contribution in [0.4, 0.5) is 0 Å². The first-order chi connectivity index (χ1) is 9.95. The minimum absolute atomic E-state index is 0.170. The number of nitrogens with zero attached hydrogens (tertiary/aromatic N) is 2. The Labute approximate surface area is 125 Å². The van der Waals surface area contributed by atoms with Crippen LogP contribution in [0.25, 0.3) is 6.08 Å². The molecule has 0 radical (unpaired) electrons. The highest BCUT2D eigenvalue weighted by molar-refractivity contribution is 7.10. The summed E-state index contributed by atoms with van der Waals surface area (Å²) in [4.78, 5) is 23.4. The number of amides is 1. The van der Waals surface area contributed by atoms with E-state index in [-0.39, 0.29) is 5.91 Å². The first kappa shape index (κ1) is 15.0. The number of hydrogen-bond donors (Lipinski definition) is 2. The lowest BCUT2D eigenvalue weighted by molar-refractivity contribution is -0.131. The van der Waals surface area contributed by atoms with Crippen molar-refractivity contribution in [2.24, 2.45) is 7.05 Å². The Hall–Kier alpha value is -2.41. The van der Waals surface area contributed by atoms with Gasteiger partial charge in [-0.15, -0.1) is 11.3 Å². The van der Waals surface area contributed by atoms with Gasteiger partial charge in [0.1, 0.15) is 0 Å². The molecule has 0 saturated carbocycles. The number of nitrogens with one attached hydrogen (secondary N) is 1. The maximum absolute atomic E-state index is 12.0. The van der Waals surface area contributed by atoms with E-state index in [1.54, 1.807) is 24.9 Å². The Morgan fingerprint density at radius 3 is 2.90 bits per heavy atom. The highest BCUT2D eigenvalue weighted by atomic mass is 32.1. The monoisotopic (exact) mass is 305 g/mol. The smallest absolute Gasteiger partial charge is 0.328 e. The molecule has 0 bridgehead atoms. The van der Waals surface area contributed by atoms with Crippen LogP contribution in [0.15, 0.2) is 23.7 Å². The van der Waals surface area contributed by atoms with Crippen molar-refractivity contribution < 1.29 is 14.7 Å². The predicted octanol–water partition coefficient (Wildman–Crippen LogP) is 1.82. The molecule has 2 heterocycles. The Bertz CT molecular complexity index is 700. The molecule has 2 rings (SSSR count). The molecule has 0 aliphatic heterocycles. The molecule has 0 fully saturated rings. The Morgan fingerprint density at radius 2 is 2.29 bits per heavy atom. The highest BCUT2D eigenvalue weighted by Gasteiger charge is 2.12. The van der Waals surface area contributed by atoms with E-state index in [1.807, 2.05) is 11.4 Å². The quantitative estimate of drug-likeness (QED) is 0.825. The molecule has 2 aromatic heterocycles. The van der Waals surface area contributed by atoms with Crippen LogP contribution in [0.1, 0.15) is 26.5 Å². The van der Waals surface area contributed by atoms with E-state index in [4.69, 9.17) is 5.11 Å². The van der Waals surface area contributed by atoms with Crippen molar-refractivity contribution in [3.63, 3.8) is 0 Å². The van der Waals surface area contributed by atoms with E-state index in [0.717, 1.165) is 16.5 Å². The van der Waals surface area contributed by atoms with Crippen LogP contribution in [0.2, 0.25) is 0 Å². The minimum atomic E-state index is -0.983. The number of carbonyl (C=O) groups is 2. The Morgan fingerprint density at radius 1 is 1.52 bits per heavy atom. The van der Waals surface area contributed by atoms with Crippen molar-refractivity contribution in [1.29, 1.82) is 0 Å². The van der Waals surface area contributed by atoms with Crippen LogP contribution < -0.4 is 5.32 Å². The van der Waals surface area contributed by atoms with Gasteiger partial charge in [0.05, 0.1) is 17.8 Å². The lowest BCUT2D eigenvalue weighted by Gasteiger charge is -2.01. The summed E-state index contributed by atoms with van der Waals surface area (Å²) in [5, 5.41) is 17.4. The molecule has 0 spiro atoms. The molecule has 110 valence electrons. The summed E-state index contributed by atoms with van der Waals surface area (Å²) in [6.07, 6.45) is 4.29. The van der Waals surface area contributed by atoms with E-state index >= 15 is 0 Å². The van der Waals surface area contributed by atoms with Crippen LogP contribution in [0.3, 0.4) is 0 Å².